The maximum atomic E-state index is 11.6. The molecule has 3 rings (SSSR count). The van der Waals surface area contributed by atoms with Crippen LogP contribution in [0.5, 0.6) is 0 Å². The Kier molecular flexibility index (Phi) is 3.11. The highest BCUT2D eigenvalue weighted by Gasteiger charge is 2.21. The first-order chi connectivity index (χ1) is 9.28. The maximum absolute atomic E-state index is 11.6. The second kappa shape index (κ2) is 4.91. The van der Waals surface area contributed by atoms with Crippen molar-refractivity contribution < 1.29 is 4.79 Å². The summed E-state index contributed by atoms with van der Waals surface area (Å²) in [7, 11) is 0. The third kappa shape index (κ3) is 2.28. The van der Waals surface area contributed by atoms with Crippen LogP contribution in [0.2, 0.25) is 0 Å². The minimum absolute atomic E-state index is 0.240. The van der Waals surface area contributed by atoms with E-state index < -0.39 is 0 Å². The van der Waals surface area contributed by atoms with Gasteiger partial charge in [-0.3, -0.25) is 4.79 Å². The Morgan fingerprint density at radius 1 is 1.26 bits per heavy atom. The van der Waals surface area contributed by atoms with Crippen molar-refractivity contribution in [2.75, 3.05) is 31.1 Å². The number of carbonyl (C=O) groups excluding carboxylic acids is 1. The van der Waals surface area contributed by atoms with Gasteiger partial charge in [-0.05, 0) is 12.1 Å². The van der Waals surface area contributed by atoms with Crippen LogP contribution in [0.4, 0.5) is 5.95 Å². The van der Waals surface area contributed by atoms with Crippen molar-refractivity contribution in [2.45, 2.75) is 13.3 Å². The average molecular weight is 258 g/mol. The number of anilines is 1. The Morgan fingerprint density at radius 3 is 2.68 bits per heavy atom. The van der Waals surface area contributed by atoms with E-state index in [4.69, 9.17) is 0 Å². The van der Waals surface area contributed by atoms with E-state index in [1.165, 1.54) is 0 Å². The summed E-state index contributed by atoms with van der Waals surface area (Å²) in [6, 6.07) is 8.03. The molecule has 1 fully saturated rings. The normalized spacial score (nSPS) is 16.1. The summed E-state index contributed by atoms with van der Waals surface area (Å²) in [6.45, 7) is 5.15. The molecule has 2 heterocycles. The highest BCUT2D eigenvalue weighted by atomic mass is 16.2. The molecular weight excluding hydrogens is 240 g/mol. The molecule has 19 heavy (non-hydrogen) atoms. The fraction of sp³-hybridized carbons (Fsp3) is 0.429. The number of fused-ring (bicyclic) bond motifs is 1. The van der Waals surface area contributed by atoms with Crippen LogP contribution in [0.3, 0.4) is 0 Å². The number of hydrogen-bond donors (Lipinski definition) is 1. The van der Waals surface area contributed by atoms with Crippen molar-refractivity contribution in [3.8, 4) is 0 Å². The van der Waals surface area contributed by atoms with E-state index >= 15 is 0 Å². The highest BCUT2D eigenvalue weighted by molar-refractivity contribution is 5.78. The molecule has 1 saturated heterocycles. The van der Waals surface area contributed by atoms with E-state index in [1.54, 1.807) is 0 Å². The van der Waals surface area contributed by atoms with Gasteiger partial charge in [-0.1, -0.05) is 19.1 Å². The van der Waals surface area contributed by atoms with Gasteiger partial charge in [0.1, 0.15) is 0 Å². The van der Waals surface area contributed by atoms with Gasteiger partial charge in [0.2, 0.25) is 11.9 Å². The van der Waals surface area contributed by atoms with Crippen molar-refractivity contribution >= 4 is 22.9 Å². The quantitative estimate of drug-likeness (QED) is 0.890. The fourth-order valence-corrected chi connectivity index (χ4v) is 2.48. The van der Waals surface area contributed by atoms with Gasteiger partial charge in [0.25, 0.3) is 0 Å². The molecule has 0 saturated carbocycles. The maximum Gasteiger partial charge on any atom is 0.222 e. The van der Waals surface area contributed by atoms with Crippen molar-refractivity contribution in [2.24, 2.45) is 0 Å². The number of piperazine rings is 1. The summed E-state index contributed by atoms with van der Waals surface area (Å²) < 4.78 is 0. The number of nitrogens with zero attached hydrogens (tertiary/aromatic N) is 3. The van der Waals surface area contributed by atoms with Crippen molar-refractivity contribution in [1.29, 1.82) is 0 Å². The van der Waals surface area contributed by atoms with Gasteiger partial charge < -0.3 is 14.8 Å². The van der Waals surface area contributed by atoms with E-state index in [0.29, 0.717) is 6.42 Å². The molecular formula is C14H18N4O. The number of aromatic nitrogens is 2. The van der Waals surface area contributed by atoms with Crippen LogP contribution in [0.15, 0.2) is 24.3 Å². The van der Waals surface area contributed by atoms with Gasteiger partial charge in [0.05, 0.1) is 11.0 Å². The molecule has 0 spiro atoms. The second-order valence-corrected chi connectivity index (χ2v) is 4.80. The van der Waals surface area contributed by atoms with E-state index in [0.717, 1.165) is 43.2 Å². The molecule has 1 N–H and O–H groups in total. The Hall–Kier alpha value is -2.04. The zero-order valence-electron chi connectivity index (χ0n) is 11.1. The van der Waals surface area contributed by atoms with Crippen LogP contribution in [-0.2, 0) is 4.79 Å². The molecule has 0 unspecified atom stereocenters. The molecule has 0 atom stereocenters. The molecule has 5 nitrogen and oxygen atoms in total. The number of imidazole rings is 1. The van der Waals surface area contributed by atoms with Crippen molar-refractivity contribution in [1.82, 2.24) is 14.9 Å². The minimum atomic E-state index is 0.240. The van der Waals surface area contributed by atoms with Crippen molar-refractivity contribution in [3.63, 3.8) is 0 Å². The van der Waals surface area contributed by atoms with Crippen LogP contribution < -0.4 is 4.90 Å². The van der Waals surface area contributed by atoms with Crippen LogP contribution >= 0.6 is 0 Å². The Bertz CT molecular complexity index is 551. The lowest BCUT2D eigenvalue weighted by molar-refractivity contribution is -0.131. The molecule has 0 aliphatic carbocycles. The number of amides is 1. The van der Waals surface area contributed by atoms with E-state index in [1.807, 2.05) is 36.1 Å². The summed E-state index contributed by atoms with van der Waals surface area (Å²) in [6.07, 6.45) is 0.588. The summed E-state index contributed by atoms with van der Waals surface area (Å²) in [5.74, 6) is 1.15. The van der Waals surface area contributed by atoms with E-state index in [9.17, 15) is 4.79 Å². The SMILES string of the molecule is CCC(=O)N1CCN(c2nc3ccccc3[nH]2)CC1. The van der Waals surface area contributed by atoms with Crippen LogP contribution in [0, 0.1) is 0 Å². The molecule has 1 aromatic heterocycles. The molecule has 5 heteroatoms. The average Bonchev–Trinajstić information content (AvgIpc) is 2.90. The van der Waals surface area contributed by atoms with E-state index in [-0.39, 0.29) is 5.91 Å². The first-order valence-corrected chi connectivity index (χ1v) is 6.75. The number of carbonyl (C=O) groups is 1. The molecule has 100 valence electrons. The molecule has 1 aromatic carbocycles. The zero-order chi connectivity index (χ0) is 13.2. The zero-order valence-corrected chi connectivity index (χ0v) is 11.1. The lowest BCUT2D eigenvalue weighted by atomic mass is 10.3. The van der Waals surface area contributed by atoms with Crippen LogP contribution in [0.25, 0.3) is 11.0 Å². The number of rotatable bonds is 2. The smallest absolute Gasteiger partial charge is 0.222 e. The second-order valence-electron chi connectivity index (χ2n) is 4.80. The molecule has 0 bridgehead atoms. The standard InChI is InChI=1S/C14H18N4O/c1-2-13(19)17-7-9-18(10-8-17)14-15-11-5-3-4-6-12(11)16-14/h3-6H,2,7-10H2,1H3,(H,15,16). The van der Waals surface area contributed by atoms with Gasteiger partial charge in [0, 0.05) is 32.6 Å². The molecule has 2 aromatic rings. The third-order valence-corrected chi connectivity index (χ3v) is 3.61. The van der Waals surface area contributed by atoms with E-state index in [2.05, 4.69) is 14.9 Å². The fourth-order valence-electron chi connectivity index (χ4n) is 2.48. The Morgan fingerprint density at radius 2 is 2.00 bits per heavy atom. The van der Waals surface area contributed by atoms with Crippen LogP contribution in [-0.4, -0.2) is 47.0 Å². The number of para-hydroxylation sites is 2. The lowest BCUT2D eigenvalue weighted by Gasteiger charge is -2.34. The largest absolute Gasteiger partial charge is 0.339 e. The third-order valence-electron chi connectivity index (χ3n) is 3.61. The molecule has 1 aliphatic heterocycles. The highest BCUT2D eigenvalue weighted by Crippen LogP contribution is 2.18. The monoisotopic (exact) mass is 258 g/mol. The van der Waals surface area contributed by atoms with Gasteiger partial charge in [-0.2, -0.15) is 0 Å². The first kappa shape index (κ1) is 12.0. The summed E-state index contributed by atoms with van der Waals surface area (Å²) in [4.78, 5) is 23.7. The molecule has 1 amide bonds. The number of H-pyrrole nitrogens is 1. The summed E-state index contributed by atoms with van der Waals surface area (Å²) >= 11 is 0. The van der Waals surface area contributed by atoms with Crippen molar-refractivity contribution in [3.05, 3.63) is 24.3 Å². The first-order valence-electron chi connectivity index (χ1n) is 6.75. The van der Waals surface area contributed by atoms with Gasteiger partial charge in [-0.15, -0.1) is 0 Å². The minimum Gasteiger partial charge on any atom is -0.339 e. The topological polar surface area (TPSA) is 52.2 Å². The van der Waals surface area contributed by atoms with Gasteiger partial charge in [-0.25, -0.2) is 4.98 Å². The summed E-state index contributed by atoms with van der Waals surface area (Å²) in [5, 5.41) is 0. The molecule has 1 aliphatic rings. The Balaban J connectivity index is 1.72. The number of nitrogens with one attached hydrogen (secondary N) is 1. The predicted molar refractivity (Wildman–Crippen MR) is 75.2 cm³/mol. The number of benzene rings is 1. The summed E-state index contributed by atoms with van der Waals surface area (Å²) in [5.41, 5.74) is 2.05. The number of aromatic amines is 1. The number of hydrogen-bond acceptors (Lipinski definition) is 3. The van der Waals surface area contributed by atoms with Crippen LogP contribution in [0.1, 0.15) is 13.3 Å². The molecule has 0 radical (unpaired) electrons. The van der Waals surface area contributed by atoms with Gasteiger partial charge >= 0.3 is 0 Å². The lowest BCUT2D eigenvalue weighted by Crippen LogP contribution is -2.48. The van der Waals surface area contributed by atoms with Gasteiger partial charge in [0.15, 0.2) is 0 Å². The predicted octanol–water partition coefficient (Wildman–Crippen LogP) is 1.62. The Labute approximate surface area is 112 Å².